The van der Waals surface area contributed by atoms with E-state index in [-0.39, 0.29) is 11.1 Å². The van der Waals surface area contributed by atoms with Crippen molar-refractivity contribution in [3.05, 3.63) is 26.2 Å². The van der Waals surface area contributed by atoms with E-state index in [2.05, 4.69) is 27.9 Å². The molecule has 1 aliphatic rings. The Kier molecular flexibility index (Phi) is 5.51. The van der Waals surface area contributed by atoms with Crippen LogP contribution in [-0.2, 0) is 4.79 Å². The summed E-state index contributed by atoms with van der Waals surface area (Å²) in [7, 11) is 1.57. The van der Waals surface area contributed by atoms with Gasteiger partial charge in [-0.3, -0.25) is 14.9 Å². The molecule has 0 unspecified atom stereocenters. The summed E-state index contributed by atoms with van der Waals surface area (Å²) in [4.78, 5) is 23.1. The Morgan fingerprint density at radius 1 is 1.38 bits per heavy atom. The van der Waals surface area contributed by atoms with Gasteiger partial charge in [0.1, 0.15) is 0 Å². The summed E-state index contributed by atoms with van der Waals surface area (Å²) >= 11 is 3.05. The van der Waals surface area contributed by atoms with Gasteiger partial charge in [0, 0.05) is 0 Å². The van der Waals surface area contributed by atoms with E-state index in [4.69, 9.17) is 9.47 Å². The van der Waals surface area contributed by atoms with Gasteiger partial charge in [0.15, 0.2) is 11.5 Å². The SMILES string of the molecule is CCCOc1c(I)cc(C=C2SC(=O)NC2=O)cc1OC. The number of carbonyl (C=O) groups excluding carboxylic acids is 2. The molecule has 112 valence electrons. The van der Waals surface area contributed by atoms with Gasteiger partial charge in [-0.1, -0.05) is 6.92 Å². The van der Waals surface area contributed by atoms with E-state index < -0.39 is 0 Å². The Labute approximate surface area is 140 Å². The Bertz CT molecular complexity index is 615. The number of thioether (sulfide) groups is 1. The molecule has 2 rings (SSSR count). The Balaban J connectivity index is 2.34. The molecule has 1 aliphatic heterocycles. The second kappa shape index (κ2) is 7.17. The van der Waals surface area contributed by atoms with E-state index >= 15 is 0 Å². The van der Waals surface area contributed by atoms with Gasteiger partial charge in [0.2, 0.25) is 0 Å². The van der Waals surface area contributed by atoms with Crippen molar-refractivity contribution in [1.82, 2.24) is 5.32 Å². The number of hydrogen-bond acceptors (Lipinski definition) is 5. The van der Waals surface area contributed by atoms with Crippen LogP contribution in [0.3, 0.4) is 0 Å². The maximum atomic E-state index is 11.6. The average molecular weight is 419 g/mol. The molecular formula is C14H14INO4S. The first kappa shape index (κ1) is 16.2. The molecule has 0 radical (unpaired) electrons. The monoisotopic (exact) mass is 419 g/mol. The topological polar surface area (TPSA) is 64.6 Å². The minimum Gasteiger partial charge on any atom is -0.493 e. The zero-order valence-electron chi connectivity index (χ0n) is 11.6. The molecule has 0 spiro atoms. The van der Waals surface area contributed by atoms with Crippen molar-refractivity contribution in [2.24, 2.45) is 0 Å². The fraction of sp³-hybridized carbons (Fsp3) is 0.286. The molecule has 1 aromatic carbocycles. The molecule has 0 saturated carbocycles. The number of carbonyl (C=O) groups is 2. The van der Waals surface area contributed by atoms with E-state index in [0.29, 0.717) is 23.0 Å². The second-order valence-electron chi connectivity index (χ2n) is 4.23. The lowest BCUT2D eigenvalue weighted by molar-refractivity contribution is -0.115. The van der Waals surface area contributed by atoms with Crippen LogP contribution < -0.4 is 14.8 Å². The van der Waals surface area contributed by atoms with Gasteiger partial charge in [0.25, 0.3) is 11.1 Å². The van der Waals surface area contributed by atoms with Crippen LogP contribution in [0.4, 0.5) is 4.79 Å². The third-order valence-corrected chi connectivity index (χ3v) is 4.25. The summed E-state index contributed by atoms with van der Waals surface area (Å²) in [6, 6.07) is 3.68. The van der Waals surface area contributed by atoms with Crippen molar-refractivity contribution in [2.45, 2.75) is 13.3 Å². The molecule has 1 heterocycles. The van der Waals surface area contributed by atoms with E-state index in [1.807, 2.05) is 13.0 Å². The van der Waals surface area contributed by atoms with Crippen molar-refractivity contribution < 1.29 is 19.1 Å². The second-order valence-corrected chi connectivity index (χ2v) is 6.41. The quantitative estimate of drug-likeness (QED) is 0.586. The van der Waals surface area contributed by atoms with Gasteiger partial charge in [-0.15, -0.1) is 0 Å². The predicted octanol–water partition coefficient (Wildman–Crippen LogP) is 3.41. The molecular weight excluding hydrogens is 405 g/mol. The van der Waals surface area contributed by atoms with E-state index in [9.17, 15) is 9.59 Å². The number of methoxy groups -OCH3 is 1. The number of benzene rings is 1. The van der Waals surface area contributed by atoms with Crippen LogP contribution in [0.5, 0.6) is 11.5 Å². The maximum absolute atomic E-state index is 11.6. The van der Waals surface area contributed by atoms with Crippen LogP contribution in [0.1, 0.15) is 18.9 Å². The van der Waals surface area contributed by atoms with Crippen molar-refractivity contribution in [3.63, 3.8) is 0 Å². The standard InChI is InChI=1S/C14H14INO4S/c1-3-4-20-12-9(15)5-8(6-10(12)19-2)7-11-13(17)16-14(18)21-11/h5-7H,3-4H2,1-2H3,(H,16,17,18). The molecule has 1 N–H and O–H groups in total. The van der Waals surface area contributed by atoms with Gasteiger partial charge in [-0.05, 0) is 64.5 Å². The van der Waals surface area contributed by atoms with Crippen LogP contribution in [0.25, 0.3) is 6.08 Å². The number of ether oxygens (including phenoxy) is 2. The molecule has 5 nitrogen and oxygen atoms in total. The molecule has 21 heavy (non-hydrogen) atoms. The maximum Gasteiger partial charge on any atom is 0.290 e. The van der Waals surface area contributed by atoms with Gasteiger partial charge in [0.05, 0.1) is 22.2 Å². The smallest absolute Gasteiger partial charge is 0.290 e. The molecule has 0 bridgehead atoms. The Morgan fingerprint density at radius 3 is 2.71 bits per heavy atom. The number of rotatable bonds is 5. The van der Waals surface area contributed by atoms with Crippen molar-refractivity contribution >= 4 is 51.6 Å². The van der Waals surface area contributed by atoms with E-state index in [1.54, 1.807) is 19.3 Å². The Morgan fingerprint density at radius 2 is 2.14 bits per heavy atom. The number of amides is 2. The third kappa shape index (κ3) is 3.91. The fourth-order valence-corrected chi connectivity index (χ4v) is 3.20. The summed E-state index contributed by atoms with van der Waals surface area (Å²) in [6.45, 7) is 2.64. The number of hydrogen-bond donors (Lipinski definition) is 1. The summed E-state index contributed by atoms with van der Waals surface area (Å²) in [5.41, 5.74) is 0.785. The van der Waals surface area contributed by atoms with Crippen LogP contribution >= 0.6 is 34.4 Å². The highest BCUT2D eigenvalue weighted by Crippen LogP contribution is 2.35. The number of halogens is 1. The summed E-state index contributed by atoms with van der Waals surface area (Å²) in [6.07, 6.45) is 2.57. The lowest BCUT2D eigenvalue weighted by atomic mass is 10.2. The average Bonchev–Trinajstić information content (AvgIpc) is 2.75. The molecule has 0 aromatic heterocycles. The molecule has 1 aromatic rings. The molecule has 2 amide bonds. The first-order valence-corrected chi connectivity index (χ1v) is 8.20. The summed E-state index contributed by atoms with van der Waals surface area (Å²) in [5, 5.41) is 1.88. The van der Waals surface area contributed by atoms with Crippen LogP contribution in [0, 0.1) is 3.57 Å². The highest BCUT2D eigenvalue weighted by Gasteiger charge is 2.25. The van der Waals surface area contributed by atoms with Crippen LogP contribution in [0.2, 0.25) is 0 Å². The Hall–Kier alpha value is -1.22. The van der Waals surface area contributed by atoms with Gasteiger partial charge < -0.3 is 9.47 Å². The largest absolute Gasteiger partial charge is 0.493 e. The van der Waals surface area contributed by atoms with Gasteiger partial charge >= 0.3 is 0 Å². The number of nitrogens with one attached hydrogen (secondary N) is 1. The molecule has 0 aliphatic carbocycles. The van der Waals surface area contributed by atoms with Crippen molar-refractivity contribution in [3.8, 4) is 11.5 Å². The van der Waals surface area contributed by atoms with Crippen molar-refractivity contribution in [1.29, 1.82) is 0 Å². The molecule has 7 heteroatoms. The number of imide groups is 1. The minimum atomic E-state index is -0.370. The van der Waals surface area contributed by atoms with Crippen LogP contribution in [0.15, 0.2) is 17.0 Å². The summed E-state index contributed by atoms with van der Waals surface area (Å²) < 4.78 is 11.9. The third-order valence-electron chi connectivity index (χ3n) is 2.64. The molecule has 0 atom stereocenters. The van der Waals surface area contributed by atoms with E-state index in [0.717, 1.165) is 27.3 Å². The van der Waals surface area contributed by atoms with E-state index in [1.165, 1.54) is 0 Å². The zero-order chi connectivity index (χ0) is 15.4. The highest BCUT2D eigenvalue weighted by atomic mass is 127. The molecule has 1 saturated heterocycles. The lowest BCUT2D eigenvalue weighted by Gasteiger charge is -2.13. The fourth-order valence-electron chi connectivity index (χ4n) is 1.74. The zero-order valence-corrected chi connectivity index (χ0v) is 14.5. The van der Waals surface area contributed by atoms with Gasteiger partial charge in [-0.25, -0.2) is 0 Å². The first-order valence-electron chi connectivity index (χ1n) is 6.30. The van der Waals surface area contributed by atoms with Crippen molar-refractivity contribution in [2.75, 3.05) is 13.7 Å². The van der Waals surface area contributed by atoms with Crippen LogP contribution in [-0.4, -0.2) is 24.9 Å². The summed E-state index contributed by atoms with van der Waals surface area (Å²) in [5.74, 6) is 0.934. The van der Waals surface area contributed by atoms with Gasteiger partial charge in [-0.2, -0.15) is 0 Å². The minimum absolute atomic E-state index is 0.351. The highest BCUT2D eigenvalue weighted by molar-refractivity contribution is 14.1. The predicted molar refractivity (Wildman–Crippen MR) is 90.6 cm³/mol. The lowest BCUT2D eigenvalue weighted by Crippen LogP contribution is -2.17. The molecule has 1 fully saturated rings. The normalized spacial score (nSPS) is 16.2. The first-order chi connectivity index (χ1) is 10.0.